The Morgan fingerprint density at radius 1 is 1.22 bits per heavy atom. The van der Waals surface area contributed by atoms with Crippen LogP contribution in [0.3, 0.4) is 0 Å². The number of Topliss-reactive ketones (excluding diaryl/α,β-unsaturated/α-hetero) is 1. The predicted octanol–water partition coefficient (Wildman–Crippen LogP) is 4.38. The maximum atomic E-state index is 11.1. The zero-order valence-electron chi connectivity index (χ0n) is 9.48. The fraction of sp³-hybridized carbons (Fsp3) is 0.0769. The number of carbonyl (C=O) groups is 1. The molecule has 0 aliphatic carbocycles. The van der Waals surface area contributed by atoms with Crippen molar-refractivity contribution in [1.82, 2.24) is 4.98 Å². The molecule has 92 valence electrons. The normalized spacial score (nSPS) is 10.2. The van der Waals surface area contributed by atoms with Crippen LogP contribution in [-0.2, 0) is 0 Å². The van der Waals surface area contributed by atoms with Gasteiger partial charge in [0.1, 0.15) is 17.2 Å². The number of hydrogen-bond acceptors (Lipinski definition) is 3. The summed E-state index contributed by atoms with van der Waals surface area (Å²) in [4.78, 5) is 15.0. The predicted molar refractivity (Wildman–Crippen MR) is 70.8 cm³/mol. The van der Waals surface area contributed by atoms with Crippen LogP contribution in [0.1, 0.15) is 17.4 Å². The van der Waals surface area contributed by atoms with E-state index in [0.29, 0.717) is 27.2 Å². The van der Waals surface area contributed by atoms with Gasteiger partial charge in [-0.25, -0.2) is 4.98 Å². The van der Waals surface area contributed by atoms with Crippen molar-refractivity contribution in [3.05, 3.63) is 52.3 Å². The largest absolute Gasteiger partial charge is 0.454 e. The Labute approximate surface area is 114 Å². The van der Waals surface area contributed by atoms with E-state index < -0.39 is 0 Å². The van der Waals surface area contributed by atoms with E-state index in [1.165, 1.54) is 13.1 Å². The molecule has 0 aliphatic heterocycles. The summed E-state index contributed by atoms with van der Waals surface area (Å²) in [7, 11) is 0. The topological polar surface area (TPSA) is 39.2 Å². The lowest BCUT2D eigenvalue weighted by atomic mass is 10.3. The van der Waals surface area contributed by atoms with E-state index in [4.69, 9.17) is 27.9 Å². The highest BCUT2D eigenvalue weighted by Crippen LogP contribution is 2.31. The van der Waals surface area contributed by atoms with Gasteiger partial charge < -0.3 is 4.74 Å². The summed E-state index contributed by atoms with van der Waals surface area (Å²) in [5.41, 5.74) is 0.388. The van der Waals surface area contributed by atoms with E-state index in [1.54, 1.807) is 30.3 Å². The van der Waals surface area contributed by atoms with Crippen LogP contribution in [0.2, 0.25) is 10.0 Å². The Hall–Kier alpha value is -1.58. The van der Waals surface area contributed by atoms with Crippen LogP contribution in [0.5, 0.6) is 11.5 Å². The van der Waals surface area contributed by atoms with Gasteiger partial charge in [-0.1, -0.05) is 23.2 Å². The van der Waals surface area contributed by atoms with Gasteiger partial charge in [-0.05, 0) is 24.3 Å². The van der Waals surface area contributed by atoms with Crippen molar-refractivity contribution in [3.8, 4) is 11.5 Å². The average Bonchev–Trinajstić information content (AvgIpc) is 2.34. The molecule has 0 N–H and O–H groups in total. The van der Waals surface area contributed by atoms with Crippen LogP contribution >= 0.6 is 23.2 Å². The quantitative estimate of drug-likeness (QED) is 0.784. The molecule has 0 amide bonds. The molecule has 18 heavy (non-hydrogen) atoms. The maximum Gasteiger partial charge on any atom is 0.178 e. The first kappa shape index (κ1) is 12.9. The van der Waals surface area contributed by atoms with Crippen LogP contribution in [-0.4, -0.2) is 10.8 Å². The van der Waals surface area contributed by atoms with Crippen molar-refractivity contribution in [2.45, 2.75) is 6.92 Å². The molecule has 0 aliphatic rings. The van der Waals surface area contributed by atoms with E-state index in [1.807, 2.05) is 0 Å². The van der Waals surface area contributed by atoms with Gasteiger partial charge >= 0.3 is 0 Å². The van der Waals surface area contributed by atoms with Gasteiger partial charge in [0, 0.05) is 18.0 Å². The number of hydrogen-bond donors (Lipinski definition) is 0. The minimum atomic E-state index is -0.0951. The SMILES string of the molecule is CC(=O)c1ccc(Oc2cc(Cl)ccc2Cl)cn1. The summed E-state index contributed by atoms with van der Waals surface area (Å²) in [5, 5.41) is 0.984. The number of pyridine rings is 1. The number of halogens is 2. The minimum Gasteiger partial charge on any atom is -0.454 e. The first-order valence-corrected chi connectivity index (χ1v) is 5.92. The van der Waals surface area contributed by atoms with Crippen LogP contribution in [0.15, 0.2) is 36.5 Å². The lowest BCUT2D eigenvalue weighted by Crippen LogP contribution is -1.96. The number of ether oxygens (including phenoxy) is 1. The van der Waals surface area contributed by atoms with E-state index in [9.17, 15) is 4.79 Å². The monoisotopic (exact) mass is 281 g/mol. The molecule has 0 saturated heterocycles. The summed E-state index contributed by atoms with van der Waals surface area (Å²) < 4.78 is 5.53. The van der Waals surface area contributed by atoms with Crippen LogP contribution in [0.4, 0.5) is 0 Å². The fourth-order valence-electron chi connectivity index (χ4n) is 1.33. The number of nitrogens with zero attached hydrogens (tertiary/aromatic N) is 1. The second-order valence-electron chi connectivity index (χ2n) is 3.61. The first-order valence-electron chi connectivity index (χ1n) is 5.16. The summed E-state index contributed by atoms with van der Waals surface area (Å²) in [6.07, 6.45) is 1.47. The molecule has 5 heteroatoms. The molecule has 0 spiro atoms. The van der Waals surface area contributed by atoms with Crippen LogP contribution in [0, 0.1) is 0 Å². The minimum absolute atomic E-state index is 0.0951. The van der Waals surface area contributed by atoms with Gasteiger partial charge in [0.2, 0.25) is 0 Å². The molecule has 1 heterocycles. The molecule has 3 nitrogen and oxygen atoms in total. The Bertz CT molecular complexity index is 582. The molecule has 2 rings (SSSR count). The molecule has 0 atom stereocenters. The Kier molecular flexibility index (Phi) is 3.84. The lowest BCUT2D eigenvalue weighted by molar-refractivity contribution is 0.101. The molecule has 0 radical (unpaired) electrons. The van der Waals surface area contributed by atoms with Crippen molar-refractivity contribution in [2.24, 2.45) is 0 Å². The molecule has 0 unspecified atom stereocenters. The van der Waals surface area contributed by atoms with Gasteiger partial charge in [0.15, 0.2) is 5.78 Å². The van der Waals surface area contributed by atoms with Gasteiger partial charge in [-0.2, -0.15) is 0 Å². The summed E-state index contributed by atoms with van der Waals surface area (Å²) in [5.74, 6) is 0.841. The smallest absolute Gasteiger partial charge is 0.178 e. The third kappa shape index (κ3) is 3.00. The van der Waals surface area contributed by atoms with Crippen molar-refractivity contribution in [2.75, 3.05) is 0 Å². The van der Waals surface area contributed by atoms with E-state index in [0.717, 1.165) is 0 Å². The van der Waals surface area contributed by atoms with Gasteiger partial charge in [-0.3, -0.25) is 4.79 Å². The highest BCUT2D eigenvalue weighted by Gasteiger charge is 2.06. The Morgan fingerprint density at radius 3 is 2.61 bits per heavy atom. The van der Waals surface area contributed by atoms with Gasteiger partial charge in [0.05, 0.1) is 11.2 Å². The summed E-state index contributed by atoms with van der Waals surface area (Å²) >= 11 is 11.8. The molecule has 1 aromatic carbocycles. The second kappa shape index (κ2) is 5.38. The maximum absolute atomic E-state index is 11.1. The van der Waals surface area contributed by atoms with Crippen molar-refractivity contribution < 1.29 is 9.53 Å². The molecular weight excluding hydrogens is 273 g/mol. The van der Waals surface area contributed by atoms with Gasteiger partial charge in [0.25, 0.3) is 0 Å². The summed E-state index contributed by atoms with van der Waals surface area (Å²) in [6, 6.07) is 8.18. The fourth-order valence-corrected chi connectivity index (χ4v) is 1.65. The molecule has 0 saturated carbocycles. The average molecular weight is 282 g/mol. The van der Waals surface area contributed by atoms with E-state index in [2.05, 4.69) is 4.98 Å². The molecule has 0 fully saturated rings. The third-order valence-corrected chi connectivity index (χ3v) is 2.77. The number of ketones is 1. The molecule has 0 bridgehead atoms. The number of aromatic nitrogens is 1. The molecule has 1 aromatic heterocycles. The number of benzene rings is 1. The zero-order valence-corrected chi connectivity index (χ0v) is 11.0. The Balaban J connectivity index is 2.23. The van der Waals surface area contributed by atoms with E-state index >= 15 is 0 Å². The standard InChI is InChI=1S/C13H9Cl2NO2/c1-8(17)12-5-3-10(7-16-12)18-13-6-9(14)2-4-11(13)15/h2-7H,1H3. The third-order valence-electron chi connectivity index (χ3n) is 2.22. The van der Waals surface area contributed by atoms with Crippen molar-refractivity contribution in [3.63, 3.8) is 0 Å². The van der Waals surface area contributed by atoms with Crippen molar-refractivity contribution in [1.29, 1.82) is 0 Å². The number of rotatable bonds is 3. The van der Waals surface area contributed by atoms with Gasteiger partial charge in [-0.15, -0.1) is 0 Å². The molecule has 2 aromatic rings. The van der Waals surface area contributed by atoms with Crippen molar-refractivity contribution >= 4 is 29.0 Å². The van der Waals surface area contributed by atoms with Crippen LogP contribution in [0.25, 0.3) is 0 Å². The Morgan fingerprint density at radius 2 is 2.00 bits per heavy atom. The second-order valence-corrected chi connectivity index (χ2v) is 4.46. The highest BCUT2D eigenvalue weighted by molar-refractivity contribution is 6.34. The zero-order chi connectivity index (χ0) is 13.1. The first-order chi connectivity index (χ1) is 8.56. The van der Waals surface area contributed by atoms with E-state index in [-0.39, 0.29) is 5.78 Å². The van der Waals surface area contributed by atoms with Crippen LogP contribution < -0.4 is 4.74 Å². The number of carbonyl (C=O) groups excluding carboxylic acids is 1. The lowest BCUT2D eigenvalue weighted by Gasteiger charge is -2.07. The molecular formula is C13H9Cl2NO2. The highest BCUT2D eigenvalue weighted by atomic mass is 35.5. The summed E-state index contributed by atoms with van der Waals surface area (Å²) in [6.45, 7) is 1.46.